The number of hydrogen-bond acceptors (Lipinski definition) is 2. The third-order valence-corrected chi connectivity index (χ3v) is 3.76. The van der Waals surface area contributed by atoms with Gasteiger partial charge in [0.2, 0.25) is 0 Å². The molecule has 22 heavy (non-hydrogen) atoms. The van der Waals surface area contributed by atoms with E-state index >= 15 is 0 Å². The Bertz CT molecular complexity index is 608. The van der Waals surface area contributed by atoms with E-state index < -0.39 is 0 Å². The van der Waals surface area contributed by atoms with Crippen LogP contribution >= 0.6 is 12.2 Å². The minimum atomic E-state index is 0.207. The topological polar surface area (TPSA) is 33.3 Å². The second kappa shape index (κ2) is 7.80. The number of nitrogens with one attached hydrogen (secondary N) is 2. The molecule has 0 aliphatic carbocycles. The van der Waals surface area contributed by atoms with Crippen LogP contribution < -0.4 is 15.4 Å². The van der Waals surface area contributed by atoms with Gasteiger partial charge in [-0.2, -0.15) is 0 Å². The van der Waals surface area contributed by atoms with Gasteiger partial charge in [0, 0.05) is 5.69 Å². The molecule has 0 saturated heterocycles. The van der Waals surface area contributed by atoms with Crippen LogP contribution in [0, 0.1) is 6.92 Å². The summed E-state index contributed by atoms with van der Waals surface area (Å²) in [7, 11) is 1.65. The second-order valence-electron chi connectivity index (χ2n) is 5.20. The van der Waals surface area contributed by atoms with Crippen LogP contribution in [0.5, 0.6) is 5.75 Å². The van der Waals surface area contributed by atoms with Gasteiger partial charge in [-0.3, -0.25) is 0 Å². The number of hydrogen-bond donors (Lipinski definition) is 2. The SMILES string of the molecule is CC[C@@H](NC(=S)Nc1ccc(OC)cc1)c1ccc(C)cc1. The molecule has 0 heterocycles. The maximum absolute atomic E-state index is 5.41. The molecule has 2 aromatic carbocycles. The van der Waals surface area contributed by atoms with E-state index in [0.29, 0.717) is 5.11 Å². The molecule has 2 rings (SSSR count). The molecule has 2 N–H and O–H groups in total. The van der Waals surface area contributed by atoms with E-state index in [1.54, 1.807) is 7.11 Å². The van der Waals surface area contributed by atoms with Crippen molar-refractivity contribution in [3.8, 4) is 5.75 Å². The van der Waals surface area contributed by atoms with Crippen LogP contribution in [0.15, 0.2) is 48.5 Å². The van der Waals surface area contributed by atoms with Gasteiger partial charge < -0.3 is 15.4 Å². The fraction of sp³-hybridized carbons (Fsp3) is 0.278. The minimum absolute atomic E-state index is 0.207. The van der Waals surface area contributed by atoms with E-state index in [-0.39, 0.29) is 6.04 Å². The molecule has 0 aromatic heterocycles. The van der Waals surface area contributed by atoms with Gasteiger partial charge in [-0.05, 0) is 55.4 Å². The Morgan fingerprint density at radius 2 is 1.73 bits per heavy atom. The Labute approximate surface area is 137 Å². The zero-order valence-corrected chi connectivity index (χ0v) is 14.0. The molecule has 0 radical (unpaired) electrons. The molecule has 0 aliphatic heterocycles. The number of benzene rings is 2. The third kappa shape index (κ3) is 4.46. The van der Waals surface area contributed by atoms with Crippen molar-refractivity contribution in [2.75, 3.05) is 12.4 Å². The molecule has 0 amide bonds. The van der Waals surface area contributed by atoms with Crippen LogP contribution in [-0.2, 0) is 0 Å². The number of aryl methyl sites for hydroxylation is 1. The Morgan fingerprint density at radius 1 is 1.09 bits per heavy atom. The van der Waals surface area contributed by atoms with Crippen LogP contribution in [0.4, 0.5) is 5.69 Å². The maximum atomic E-state index is 5.41. The van der Waals surface area contributed by atoms with Crippen molar-refractivity contribution >= 4 is 23.0 Å². The van der Waals surface area contributed by atoms with Crippen LogP contribution in [0.25, 0.3) is 0 Å². The summed E-state index contributed by atoms with van der Waals surface area (Å²) in [4.78, 5) is 0. The van der Waals surface area contributed by atoms with Crippen molar-refractivity contribution in [1.29, 1.82) is 0 Å². The number of anilines is 1. The average molecular weight is 314 g/mol. The lowest BCUT2D eigenvalue weighted by atomic mass is 10.0. The normalized spacial score (nSPS) is 11.6. The number of ether oxygens (including phenoxy) is 1. The van der Waals surface area contributed by atoms with Crippen molar-refractivity contribution in [3.05, 3.63) is 59.7 Å². The van der Waals surface area contributed by atoms with Crippen LogP contribution in [0.3, 0.4) is 0 Å². The highest BCUT2D eigenvalue weighted by atomic mass is 32.1. The van der Waals surface area contributed by atoms with E-state index in [1.807, 2.05) is 24.3 Å². The van der Waals surface area contributed by atoms with Gasteiger partial charge in [-0.25, -0.2) is 0 Å². The first-order chi connectivity index (χ1) is 10.6. The Balaban J connectivity index is 1.98. The molecule has 0 fully saturated rings. The summed E-state index contributed by atoms with van der Waals surface area (Å²) in [6.07, 6.45) is 0.966. The highest BCUT2D eigenvalue weighted by molar-refractivity contribution is 7.80. The number of rotatable bonds is 5. The number of methoxy groups -OCH3 is 1. The molecule has 4 heteroatoms. The molecule has 116 valence electrons. The van der Waals surface area contributed by atoms with Crippen LogP contribution in [0.2, 0.25) is 0 Å². The Kier molecular flexibility index (Phi) is 5.78. The first-order valence-electron chi connectivity index (χ1n) is 7.40. The summed E-state index contributed by atoms with van der Waals surface area (Å²) < 4.78 is 5.15. The summed E-state index contributed by atoms with van der Waals surface area (Å²) in [6.45, 7) is 4.24. The fourth-order valence-electron chi connectivity index (χ4n) is 2.22. The van der Waals surface area contributed by atoms with Gasteiger partial charge in [0.15, 0.2) is 5.11 Å². The predicted octanol–water partition coefficient (Wildman–Crippen LogP) is 4.44. The molecular weight excluding hydrogens is 292 g/mol. The summed E-state index contributed by atoms with van der Waals surface area (Å²) >= 11 is 5.41. The molecule has 0 saturated carbocycles. The van der Waals surface area contributed by atoms with Crippen LogP contribution in [0.1, 0.15) is 30.5 Å². The van der Waals surface area contributed by atoms with Gasteiger partial charge in [0.05, 0.1) is 13.2 Å². The van der Waals surface area contributed by atoms with Gasteiger partial charge >= 0.3 is 0 Å². The first kappa shape index (κ1) is 16.3. The first-order valence-corrected chi connectivity index (χ1v) is 7.81. The quantitative estimate of drug-likeness (QED) is 0.799. The highest BCUT2D eigenvalue weighted by Gasteiger charge is 2.10. The van der Waals surface area contributed by atoms with Crippen molar-refractivity contribution in [3.63, 3.8) is 0 Å². The van der Waals surface area contributed by atoms with Gasteiger partial charge in [-0.1, -0.05) is 36.8 Å². The van der Waals surface area contributed by atoms with Crippen molar-refractivity contribution in [2.24, 2.45) is 0 Å². The molecular formula is C18H22N2OS. The minimum Gasteiger partial charge on any atom is -0.497 e. The molecule has 0 aliphatic rings. The number of thiocarbonyl (C=S) groups is 1. The summed E-state index contributed by atoms with van der Waals surface area (Å²) in [5.41, 5.74) is 3.45. The zero-order valence-electron chi connectivity index (χ0n) is 13.2. The van der Waals surface area contributed by atoms with E-state index in [0.717, 1.165) is 17.9 Å². The second-order valence-corrected chi connectivity index (χ2v) is 5.61. The highest BCUT2D eigenvalue weighted by Crippen LogP contribution is 2.18. The molecule has 0 spiro atoms. The fourth-order valence-corrected chi connectivity index (χ4v) is 2.48. The standard InChI is InChI=1S/C18H22N2OS/c1-4-17(14-7-5-13(2)6-8-14)20-18(22)19-15-9-11-16(21-3)12-10-15/h5-12,17H,4H2,1-3H3,(H2,19,20,22)/t17-/m1/s1. The van der Waals surface area contributed by atoms with Crippen molar-refractivity contribution in [1.82, 2.24) is 5.32 Å². The molecule has 2 aromatic rings. The summed E-state index contributed by atoms with van der Waals surface area (Å²) in [6, 6.07) is 16.4. The largest absolute Gasteiger partial charge is 0.497 e. The van der Waals surface area contributed by atoms with E-state index in [1.165, 1.54) is 11.1 Å². The zero-order chi connectivity index (χ0) is 15.9. The van der Waals surface area contributed by atoms with Crippen molar-refractivity contribution < 1.29 is 4.74 Å². The predicted molar refractivity (Wildman–Crippen MR) is 96.6 cm³/mol. The smallest absolute Gasteiger partial charge is 0.171 e. The average Bonchev–Trinajstić information content (AvgIpc) is 2.54. The molecule has 0 unspecified atom stereocenters. The molecule has 1 atom stereocenters. The monoisotopic (exact) mass is 314 g/mol. The van der Waals surface area contributed by atoms with Gasteiger partial charge in [-0.15, -0.1) is 0 Å². The third-order valence-electron chi connectivity index (χ3n) is 3.54. The van der Waals surface area contributed by atoms with Gasteiger partial charge in [0.1, 0.15) is 5.75 Å². The summed E-state index contributed by atoms with van der Waals surface area (Å²) in [5, 5.41) is 7.20. The van der Waals surface area contributed by atoms with Crippen molar-refractivity contribution in [2.45, 2.75) is 26.3 Å². The lowest BCUT2D eigenvalue weighted by molar-refractivity contribution is 0.415. The van der Waals surface area contributed by atoms with Gasteiger partial charge in [0.25, 0.3) is 0 Å². The lowest BCUT2D eigenvalue weighted by Gasteiger charge is -2.20. The molecule has 0 bridgehead atoms. The lowest BCUT2D eigenvalue weighted by Crippen LogP contribution is -2.32. The van der Waals surface area contributed by atoms with E-state index in [2.05, 4.69) is 48.7 Å². The van der Waals surface area contributed by atoms with E-state index in [4.69, 9.17) is 17.0 Å². The Morgan fingerprint density at radius 3 is 2.27 bits per heavy atom. The summed E-state index contributed by atoms with van der Waals surface area (Å²) in [5.74, 6) is 0.829. The molecule has 3 nitrogen and oxygen atoms in total. The Hall–Kier alpha value is -2.07. The maximum Gasteiger partial charge on any atom is 0.171 e. The van der Waals surface area contributed by atoms with E-state index in [9.17, 15) is 0 Å². The van der Waals surface area contributed by atoms with Crippen LogP contribution in [-0.4, -0.2) is 12.2 Å².